The lowest BCUT2D eigenvalue weighted by Crippen LogP contribution is -1.90. The van der Waals surface area contributed by atoms with Crippen molar-refractivity contribution in [2.45, 2.75) is 0 Å². The highest BCUT2D eigenvalue weighted by Crippen LogP contribution is 1.95. The number of aromatic nitrogens is 2. The monoisotopic (exact) mass is 121 g/mol. The minimum atomic E-state index is 0.570. The Bertz CT molecular complexity index is 202. The molecular weight excluding hydrogens is 114 g/mol. The summed E-state index contributed by atoms with van der Waals surface area (Å²) < 4.78 is 0. The number of hydrogen-bond acceptors (Lipinski definition) is 3. The van der Waals surface area contributed by atoms with Crippen molar-refractivity contribution in [3.63, 3.8) is 0 Å². The maximum absolute atomic E-state index is 5.32. The zero-order valence-electron chi connectivity index (χ0n) is 4.91. The number of nitrogen functional groups attached to an aromatic ring is 1. The predicted octanol–water partition coefficient (Wildman–Crippen LogP) is 0.702. The van der Waals surface area contributed by atoms with E-state index in [1.807, 2.05) is 0 Å². The van der Waals surface area contributed by atoms with Crippen molar-refractivity contribution in [2.75, 3.05) is 5.73 Å². The molecule has 0 bridgehead atoms. The van der Waals surface area contributed by atoms with E-state index in [1.54, 1.807) is 18.5 Å². The Hall–Kier alpha value is -1.38. The third-order valence-corrected chi connectivity index (χ3v) is 0.874. The standard InChI is InChI=1S/C6H7N3/c1-2-6-8-3-5(7)4-9-6/h2-4H,1,7H2. The molecule has 1 aromatic rings. The van der Waals surface area contributed by atoms with Crippen molar-refractivity contribution in [3.8, 4) is 0 Å². The first-order chi connectivity index (χ1) is 4.33. The van der Waals surface area contributed by atoms with Crippen LogP contribution in [0.5, 0.6) is 0 Å². The van der Waals surface area contributed by atoms with E-state index in [-0.39, 0.29) is 0 Å². The fourth-order valence-electron chi connectivity index (χ4n) is 0.453. The Morgan fingerprint density at radius 2 is 2.00 bits per heavy atom. The summed E-state index contributed by atoms with van der Waals surface area (Å²) in [5.74, 6) is 0.601. The van der Waals surface area contributed by atoms with Gasteiger partial charge in [-0.3, -0.25) is 0 Å². The summed E-state index contributed by atoms with van der Waals surface area (Å²) in [6, 6.07) is 0. The van der Waals surface area contributed by atoms with Gasteiger partial charge in [0.25, 0.3) is 0 Å². The SMILES string of the molecule is C=Cc1ncc(N)cn1. The number of anilines is 1. The van der Waals surface area contributed by atoms with Crippen LogP contribution < -0.4 is 5.73 Å². The van der Waals surface area contributed by atoms with Crippen LogP contribution in [0.1, 0.15) is 5.82 Å². The molecule has 46 valence electrons. The molecule has 0 radical (unpaired) electrons. The van der Waals surface area contributed by atoms with E-state index >= 15 is 0 Å². The first kappa shape index (κ1) is 5.75. The third-order valence-electron chi connectivity index (χ3n) is 0.874. The van der Waals surface area contributed by atoms with Crippen molar-refractivity contribution < 1.29 is 0 Å². The summed E-state index contributed by atoms with van der Waals surface area (Å²) in [6.45, 7) is 3.49. The third kappa shape index (κ3) is 1.25. The molecule has 0 atom stereocenters. The topological polar surface area (TPSA) is 51.8 Å². The molecule has 0 aromatic carbocycles. The minimum absolute atomic E-state index is 0.570. The van der Waals surface area contributed by atoms with E-state index in [0.717, 1.165) is 0 Å². The second-order valence-electron chi connectivity index (χ2n) is 1.58. The van der Waals surface area contributed by atoms with Crippen LogP contribution in [-0.4, -0.2) is 9.97 Å². The molecule has 0 aliphatic carbocycles. The molecule has 0 fully saturated rings. The Morgan fingerprint density at radius 3 is 2.44 bits per heavy atom. The van der Waals surface area contributed by atoms with Crippen LogP contribution in [0.2, 0.25) is 0 Å². The maximum Gasteiger partial charge on any atom is 0.151 e. The van der Waals surface area contributed by atoms with Crippen molar-refractivity contribution in [1.82, 2.24) is 9.97 Å². The molecule has 0 aliphatic rings. The van der Waals surface area contributed by atoms with E-state index in [0.29, 0.717) is 11.5 Å². The fourth-order valence-corrected chi connectivity index (χ4v) is 0.453. The van der Waals surface area contributed by atoms with Gasteiger partial charge in [-0.05, 0) is 6.08 Å². The Balaban J connectivity index is 3.01. The van der Waals surface area contributed by atoms with Gasteiger partial charge in [0.15, 0.2) is 5.82 Å². The van der Waals surface area contributed by atoms with Gasteiger partial charge in [-0.15, -0.1) is 0 Å². The molecule has 0 aliphatic heterocycles. The molecule has 0 unspecified atom stereocenters. The van der Waals surface area contributed by atoms with Gasteiger partial charge in [0, 0.05) is 0 Å². The zero-order valence-corrected chi connectivity index (χ0v) is 4.91. The molecule has 0 saturated carbocycles. The summed E-state index contributed by atoms with van der Waals surface area (Å²) in [5.41, 5.74) is 5.89. The van der Waals surface area contributed by atoms with Gasteiger partial charge >= 0.3 is 0 Å². The van der Waals surface area contributed by atoms with Crippen LogP contribution >= 0.6 is 0 Å². The average Bonchev–Trinajstić information content (AvgIpc) is 1.90. The summed E-state index contributed by atoms with van der Waals surface area (Å²) in [7, 11) is 0. The van der Waals surface area contributed by atoms with Gasteiger partial charge in [-0.25, -0.2) is 9.97 Å². The Kier molecular flexibility index (Phi) is 1.44. The van der Waals surface area contributed by atoms with Crippen LogP contribution in [0.3, 0.4) is 0 Å². The molecule has 1 rings (SSSR count). The van der Waals surface area contributed by atoms with Crippen LogP contribution in [0.15, 0.2) is 19.0 Å². The number of hydrogen-bond donors (Lipinski definition) is 1. The average molecular weight is 121 g/mol. The van der Waals surface area contributed by atoms with Crippen molar-refractivity contribution in [2.24, 2.45) is 0 Å². The van der Waals surface area contributed by atoms with Crippen LogP contribution in [0.25, 0.3) is 6.08 Å². The highest BCUT2D eigenvalue weighted by Gasteiger charge is 1.85. The summed E-state index contributed by atoms with van der Waals surface area (Å²) in [5, 5.41) is 0. The number of nitrogens with two attached hydrogens (primary N) is 1. The van der Waals surface area contributed by atoms with E-state index in [2.05, 4.69) is 16.5 Å². The van der Waals surface area contributed by atoms with Gasteiger partial charge < -0.3 is 5.73 Å². The lowest BCUT2D eigenvalue weighted by atomic mass is 10.5. The van der Waals surface area contributed by atoms with Gasteiger partial charge in [0.05, 0.1) is 18.1 Å². The minimum Gasteiger partial charge on any atom is -0.396 e. The van der Waals surface area contributed by atoms with Crippen LogP contribution in [0.4, 0.5) is 5.69 Å². The Morgan fingerprint density at radius 1 is 1.44 bits per heavy atom. The van der Waals surface area contributed by atoms with E-state index in [1.165, 1.54) is 0 Å². The van der Waals surface area contributed by atoms with Crippen LogP contribution in [0, 0.1) is 0 Å². The van der Waals surface area contributed by atoms with E-state index < -0.39 is 0 Å². The molecule has 0 saturated heterocycles. The fraction of sp³-hybridized carbons (Fsp3) is 0. The lowest BCUT2D eigenvalue weighted by Gasteiger charge is -1.90. The maximum atomic E-state index is 5.32. The smallest absolute Gasteiger partial charge is 0.151 e. The summed E-state index contributed by atoms with van der Waals surface area (Å²) in [6.07, 6.45) is 4.66. The first-order valence-corrected chi connectivity index (χ1v) is 2.53. The summed E-state index contributed by atoms with van der Waals surface area (Å²) >= 11 is 0. The molecule has 0 spiro atoms. The highest BCUT2D eigenvalue weighted by molar-refractivity contribution is 5.39. The van der Waals surface area contributed by atoms with Gasteiger partial charge in [0.2, 0.25) is 0 Å². The van der Waals surface area contributed by atoms with Crippen molar-refractivity contribution >= 4 is 11.8 Å². The lowest BCUT2D eigenvalue weighted by molar-refractivity contribution is 1.14. The highest BCUT2D eigenvalue weighted by atomic mass is 14.9. The number of rotatable bonds is 1. The van der Waals surface area contributed by atoms with E-state index in [9.17, 15) is 0 Å². The normalized spacial score (nSPS) is 8.89. The zero-order chi connectivity index (χ0) is 6.69. The van der Waals surface area contributed by atoms with Gasteiger partial charge in [-0.1, -0.05) is 6.58 Å². The molecule has 3 heteroatoms. The molecular formula is C6H7N3. The van der Waals surface area contributed by atoms with Crippen molar-refractivity contribution in [3.05, 3.63) is 24.8 Å². The van der Waals surface area contributed by atoms with Gasteiger partial charge in [0.1, 0.15) is 0 Å². The van der Waals surface area contributed by atoms with Crippen molar-refractivity contribution in [1.29, 1.82) is 0 Å². The van der Waals surface area contributed by atoms with E-state index in [4.69, 9.17) is 5.73 Å². The Labute approximate surface area is 53.3 Å². The van der Waals surface area contributed by atoms with Crippen LogP contribution in [-0.2, 0) is 0 Å². The first-order valence-electron chi connectivity index (χ1n) is 2.53. The molecule has 3 nitrogen and oxygen atoms in total. The molecule has 0 amide bonds. The second-order valence-corrected chi connectivity index (χ2v) is 1.58. The molecule has 1 aromatic heterocycles. The molecule has 1 heterocycles. The quantitative estimate of drug-likeness (QED) is 0.595. The largest absolute Gasteiger partial charge is 0.396 e. The predicted molar refractivity (Wildman–Crippen MR) is 36.5 cm³/mol. The molecule has 9 heavy (non-hydrogen) atoms. The summed E-state index contributed by atoms with van der Waals surface area (Å²) in [4.78, 5) is 7.69. The van der Waals surface area contributed by atoms with Gasteiger partial charge in [-0.2, -0.15) is 0 Å². The number of nitrogens with zero attached hydrogens (tertiary/aromatic N) is 2. The molecule has 2 N–H and O–H groups in total. The second kappa shape index (κ2) is 2.26.